The average molecular weight is 344 g/mol. The van der Waals surface area contributed by atoms with Crippen molar-refractivity contribution in [2.45, 2.75) is 44.7 Å². The molecule has 0 unspecified atom stereocenters. The van der Waals surface area contributed by atoms with E-state index in [4.69, 9.17) is 4.74 Å². The zero-order valence-electron chi connectivity index (χ0n) is 15.6. The molecule has 2 fully saturated rings. The number of esters is 1. The van der Waals surface area contributed by atoms with E-state index in [-0.39, 0.29) is 23.8 Å². The van der Waals surface area contributed by atoms with Crippen LogP contribution in [-0.2, 0) is 14.3 Å². The summed E-state index contributed by atoms with van der Waals surface area (Å²) in [4.78, 5) is 29.7. The zero-order chi connectivity index (χ0) is 18.2. The highest BCUT2D eigenvalue weighted by atomic mass is 16.5. The summed E-state index contributed by atoms with van der Waals surface area (Å²) >= 11 is 0. The molecule has 2 saturated heterocycles. The summed E-state index contributed by atoms with van der Waals surface area (Å²) in [5.74, 6) is -0.330. The van der Waals surface area contributed by atoms with Crippen LogP contribution in [0.25, 0.3) is 0 Å². The third-order valence-electron chi connectivity index (χ3n) is 6.06. The van der Waals surface area contributed by atoms with Gasteiger partial charge in [-0.15, -0.1) is 0 Å². The second-order valence-corrected chi connectivity index (χ2v) is 7.52. The monoisotopic (exact) mass is 344 g/mol. The highest BCUT2D eigenvalue weighted by Crippen LogP contribution is 2.47. The Morgan fingerprint density at radius 2 is 1.84 bits per heavy atom. The quantitative estimate of drug-likeness (QED) is 0.791. The Bertz CT molecular complexity index is 669. The van der Waals surface area contributed by atoms with Crippen LogP contribution in [0.1, 0.15) is 43.4 Å². The molecule has 0 aromatic heterocycles. The molecule has 1 aromatic rings. The fourth-order valence-electron chi connectivity index (χ4n) is 4.45. The lowest BCUT2D eigenvalue weighted by atomic mass is 9.87. The van der Waals surface area contributed by atoms with E-state index in [1.54, 1.807) is 0 Å². The van der Waals surface area contributed by atoms with Gasteiger partial charge in [0.2, 0.25) is 5.91 Å². The van der Waals surface area contributed by atoms with Crippen LogP contribution in [0.15, 0.2) is 24.3 Å². The molecule has 2 aliphatic heterocycles. The van der Waals surface area contributed by atoms with Crippen molar-refractivity contribution in [1.29, 1.82) is 0 Å². The van der Waals surface area contributed by atoms with Crippen LogP contribution >= 0.6 is 0 Å². The van der Waals surface area contributed by atoms with E-state index in [2.05, 4.69) is 19.1 Å². The van der Waals surface area contributed by atoms with E-state index in [0.29, 0.717) is 6.42 Å². The maximum Gasteiger partial charge on any atom is 0.326 e. The van der Waals surface area contributed by atoms with Crippen LogP contribution in [0.4, 0.5) is 0 Å². The Labute approximate surface area is 149 Å². The molecular formula is C20H28N2O3. The fraction of sp³-hybridized carbons (Fsp3) is 0.600. The Kier molecular flexibility index (Phi) is 4.87. The highest BCUT2D eigenvalue weighted by molar-refractivity contribution is 5.86. The molecule has 136 valence electrons. The predicted molar refractivity (Wildman–Crippen MR) is 96.0 cm³/mol. The van der Waals surface area contributed by atoms with E-state index in [1.807, 2.05) is 35.9 Å². The van der Waals surface area contributed by atoms with Crippen molar-refractivity contribution in [1.82, 2.24) is 9.80 Å². The number of rotatable bonds is 3. The van der Waals surface area contributed by atoms with Gasteiger partial charge in [-0.3, -0.25) is 14.5 Å². The molecule has 0 radical (unpaired) electrons. The van der Waals surface area contributed by atoms with Crippen LogP contribution < -0.4 is 0 Å². The number of aryl methyl sites for hydroxylation is 1. The van der Waals surface area contributed by atoms with Gasteiger partial charge in [0.1, 0.15) is 5.54 Å². The molecular weight excluding hydrogens is 316 g/mol. The molecule has 0 saturated carbocycles. The van der Waals surface area contributed by atoms with Crippen LogP contribution in [-0.4, -0.2) is 54.5 Å². The Morgan fingerprint density at radius 1 is 1.20 bits per heavy atom. The lowest BCUT2D eigenvalue weighted by molar-refractivity contribution is -0.152. The number of likely N-dealkylation sites (N-methyl/N-ethyl adjacent to an activating group) is 1. The van der Waals surface area contributed by atoms with Crippen molar-refractivity contribution in [3.05, 3.63) is 35.4 Å². The van der Waals surface area contributed by atoms with Gasteiger partial charge in [-0.25, -0.2) is 0 Å². The third-order valence-corrected chi connectivity index (χ3v) is 6.06. The normalized spacial score (nSPS) is 29.8. The highest BCUT2D eigenvalue weighted by Gasteiger charge is 2.55. The second-order valence-electron chi connectivity index (χ2n) is 7.52. The first kappa shape index (κ1) is 17.9. The number of hydrogen-bond acceptors (Lipinski definition) is 4. The van der Waals surface area contributed by atoms with Crippen molar-refractivity contribution in [2.24, 2.45) is 5.92 Å². The molecule has 0 spiro atoms. The number of methoxy groups -OCH3 is 1. The Hall–Kier alpha value is -1.88. The lowest BCUT2D eigenvalue weighted by Crippen LogP contribution is -2.47. The largest absolute Gasteiger partial charge is 0.468 e. The summed E-state index contributed by atoms with van der Waals surface area (Å²) in [6.45, 7) is 5.61. The van der Waals surface area contributed by atoms with Crippen molar-refractivity contribution in [3.63, 3.8) is 0 Å². The number of carbonyl (C=O) groups excluding carboxylic acids is 2. The van der Waals surface area contributed by atoms with Crippen molar-refractivity contribution >= 4 is 11.9 Å². The predicted octanol–water partition coefficient (Wildman–Crippen LogP) is 2.54. The molecule has 5 nitrogen and oxygen atoms in total. The van der Waals surface area contributed by atoms with Gasteiger partial charge in [0.15, 0.2) is 0 Å². The van der Waals surface area contributed by atoms with Gasteiger partial charge in [-0.1, -0.05) is 24.3 Å². The van der Waals surface area contributed by atoms with Crippen LogP contribution in [0, 0.1) is 12.8 Å². The minimum atomic E-state index is -0.790. The molecule has 0 N–H and O–H groups in total. The number of amides is 1. The Balaban J connectivity index is 2.02. The first-order valence-corrected chi connectivity index (χ1v) is 9.06. The number of nitrogens with zero attached hydrogens (tertiary/aromatic N) is 2. The van der Waals surface area contributed by atoms with Crippen molar-refractivity contribution in [2.75, 3.05) is 27.2 Å². The van der Waals surface area contributed by atoms with Gasteiger partial charge in [0.05, 0.1) is 13.0 Å². The number of likely N-dealkylation sites (tertiary alicyclic amines) is 2. The molecule has 1 aromatic carbocycles. The third kappa shape index (κ3) is 2.95. The minimum Gasteiger partial charge on any atom is -0.468 e. The topological polar surface area (TPSA) is 49.9 Å². The second kappa shape index (κ2) is 6.79. The maximum absolute atomic E-state index is 13.2. The van der Waals surface area contributed by atoms with E-state index in [0.717, 1.165) is 37.1 Å². The minimum absolute atomic E-state index is 0.113. The van der Waals surface area contributed by atoms with Gasteiger partial charge in [0.25, 0.3) is 0 Å². The molecule has 2 heterocycles. The van der Waals surface area contributed by atoms with Crippen LogP contribution in [0.2, 0.25) is 0 Å². The number of ether oxygens (including phenoxy) is 1. The number of hydrogen-bond donors (Lipinski definition) is 0. The standard InChI is InChI=1S/C20H28N2O3/c1-14-9-5-6-10-15(14)17-16(18(23)22-11-7-8-12-22)13-20(2,21(17)3)19(24)25-4/h5-6,9-10,16-17H,7-8,11-13H2,1-4H3/t16-,17-,20-/m0/s1. The van der Waals surface area contributed by atoms with E-state index in [1.165, 1.54) is 7.11 Å². The summed E-state index contributed by atoms with van der Waals surface area (Å²) < 4.78 is 5.07. The number of benzene rings is 1. The van der Waals surface area contributed by atoms with Crippen molar-refractivity contribution < 1.29 is 14.3 Å². The molecule has 0 bridgehead atoms. The first-order chi connectivity index (χ1) is 11.9. The maximum atomic E-state index is 13.2. The summed E-state index contributed by atoms with van der Waals surface area (Å²) in [6, 6.07) is 8.03. The average Bonchev–Trinajstić information content (AvgIpc) is 3.23. The molecule has 25 heavy (non-hydrogen) atoms. The summed E-state index contributed by atoms with van der Waals surface area (Å²) in [5, 5.41) is 0. The molecule has 3 atom stereocenters. The fourth-order valence-corrected chi connectivity index (χ4v) is 4.45. The van der Waals surface area contributed by atoms with E-state index >= 15 is 0 Å². The lowest BCUT2D eigenvalue weighted by Gasteiger charge is -2.34. The zero-order valence-corrected chi connectivity index (χ0v) is 15.6. The summed E-state index contributed by atoms with van der Waals surface area (Å²) in [5.41, 5.74) is 1.48. The molecule has 2 aliphatic rings. The van der Waals surface area contributed by atoms with Gasteiger partial charge < -0.3 is 9.64 Å². The van der Waals surface area contributed by atoms with E-state index in [9.17, 15) is 9.59 Å². The van der Waals surface area contributed by atoms with E-state index < -0.39 is 5.54 Å². The summed E-state index contributed by atoms with van der Waals surface area (Å²) in [6.07, 6.45) is 2.62. The van der Waals surface area contributed by atoms with Crippen LogP contribution in [0.3, 0.4) is 0 Å². The SMILES string of the molecule is COC(=O)[C@]1(C)C[C@H](C(=O)N2CCCC2)[C@H](c2ccccc2C)N1C. The van der Waals surface area contributed by atoms with Crippen molar-refractivity contribution in [3.8, 4) is 0 Å². The van der Waals surface area contributed by atoms with Gasteiger partial charge in [-0.2, -0.15) is 0 Å². The molecule has 3 rings (SSSR count). The number of carbonyl (C=O) groups is 2. The Morgan fingerprint density at radius 3 is 2.44 bits per heavy atom. The smallest absolute Gasteiger partial charge is 0.326 e. The summed E-state index contributed by atoms with van der Waals surface area (Å²) in [7, 11) is 3.35. The molecule has 1 amide bonds. The van der Waals surface area contributed by atoms with Gasteiger partial charge in [0, 0.05) is 19.1 Å². The van der Waals surface area contributed by atoms with Gasteiger partial charge >= 0.3 is 5.97 Å². The first-order valence-electron chi connectivity index (χ1n) is 9.06. The molecule has 0 aliphatic carbocycles. The van der Waals surface area contributed by atoms with Gasteiger partial charge in [-0.05, 0) is 51.3 Å². The van der Waals surface area contributed by atoms with Crippen LogP contribution in [0.5, 0.6) is 0 Å². The molecule has 5 heteroatoms.